The molecule has 0 amide bonds. The summed E-state index contributed by atoms with van der Waals surface area (Å²) in [7, 11) is 0. The lowest BCUT2D eigenvalue weighted by molar-refractivity contribution is 0.309. The van der Waals surface area contributed by atoms with Gasteiger partial charge in [-0.3, -0.25) is 0 Å². The lowest BCUT2D eigenvalue weighted by Gasteiger charge is -2.22. The zero-order valence-corrected chi connectivity index (χ0v) is 51.0. The molecule has 0 aliphatic carbocycles. The number of aromatic nitrogens is 4. The normalized spacial score (nSPS) is 11.5. The van der Waals surface area contributed by atoms with Gasteiger partial charge in [-0.1, -0.05) is 163 Å². The summed E-state index contributed by atoms with van der Waals surface area (Å²) in [6, 6.07) is 88.7. The molecule has 8 nitrogen and oxygen atoms in total. The molecule has 440 valence electrons. The number of benzene rings is 12. The van der Waals surface area contributed by atoms with Crippen molar-refractivity contribution in [1.82, 2.24) is 18.3 Å². The number of fused-ring (bicyclic) bond motifs is 10. The molecule has 0 N–H and O–H groups in total. The summed E-state index contributed by atoms with van der Waals surface area (Å²) < 4.78 is 35.3. The maximum atomic E-state index is 6.35. The molecular weight excluding hydrogens is 1080 g/mol. The van der Waals surface area contributed by atoms with Crippen molar-refractivity contribution in [2.75, 3.05) is 26.4 Å². The van der Waals surface area contributed by atoms with E-state index in [9.17, 15) is 0 Å². The predicted octanol–water partition coefficient (Wildman–Crippen LogP) is 21.6. The van der Waals surface area contributed by atoms with Crippen molar-refractivity contribution in [2.24, 2.45) is 0 Å². The molecule has 1 heterocycles. The Morgan fingerprint density at radius 3 is 0.602 bits per heavy atom. The summed E-state index contributed by atoms with van der Waals surface area (Å²) in [6.45, 7) is 11.4. The summed E-state index contributed by atoms with van der Waals surface area (Å²) in [4.78, 5) is 0. The molecule has 13 aromatic rings. The lowest BCUT2D eigenvalue weighted by atomic mass is 9.98. The second-order valence-electron chi connectivity index (χ2n) is 22.7. The largest absolute Gasteiger partial charge is 0.494 e. The number of hydrogen-bond acceptors (Lipinski definition) is 4. The number of nitrogens with zero attached hydrogens (tertiary/aromatic N) is 4. The van der Waals surface area contributed by atoms with Crippen LogP contribution in [-0.2, 0) is 0 Å². The molecule has 0 atom stereocenters. The fourth-order valence-corrected chi connectivity index (χ4v) is 12.4. The van der Waals surface area contributed by atoms with Crippen LogP contribution in [0.25, 0.3) is 110 Å². The summed E-state index contributed by atoms with van der Waals surface area (Å²) in [5.41, 5.74) is 12.2. The number of ether oxygens (including phenoxy) is 4. The van der Waals surface area contributed by atoms with Gasteiger partial charge < -0.3 is 37.2 Å². The molecule has 0 fully saturated rings. The van der Waals surface area contributed by atoms with Crippen molar-refractivity contribution >= 4 is 87.2 Å². The molecule has 0 spiro atoms. The quantitative estimate of drug-likeness (QED) is 0.0564. The van der Waals surface area contributed by atoms with E-state index in [0.29, 0.717) is 26.4 Å². The molecule has 88 heavy (non-hydrogen) atoms. The monoisotopic (exact) mass is 1160 g/mol. The molecule has 0 radical (unpaired) electrons. The second-order valence-corrected chi connectivity index (χ2v) is 22.7. The van der Waals surface area contributed by atoms with E-state index in [-0.39, 0.29) is 0 Å². The Bertz CT molecular complexity index is 4060. The summed E-state index contributed by atoms with van der Waals surface area (Å²) in [5, 5.41) is 8.75. The van der Waals surface area contributed by atoms with Gasteiger partial charge in [0.1, 0.15) is 23.0 Å². The first-order chi connectivity index (χ1) is 43.5. The first kappa shape index (κ1) is 57.2. The van der Waals surface area contributed by atoms with E-state index < -0.39 is 0 Å². The molecule has 0 unspecified atom stereocenters. The zero-order valence-electron chi connectivity index (χ0n) is 51.0. The van der Waals surface area contributed by atoms with Gasteiger partial charge in [0.2, 0.25) is 0 Å². The first-order valence-electron chi connectivity index (χ1n) is 31.7. The minimum absolute atomic E-state index is 0.665. The molecule has 0 saturated carbocycles. The van der Waals surface area contributed by atoms with Crippen LogP contribution in [0.15, 0.2) is 243 Å². The van der Waals surface area contributed by atoms with Gasteiger partial charge >= 0.3 is 0 Å². The molecule has 0 aliphatic rings. The van der Waals surface area contributed by atoms with E-state index in [1.165, 1.54) is 0 Å². The third-order valence-electron chi connectivity index (χ3n) is 16.8. The maximum Gasteiger partial charge on any atom is 0.119 e. The van der Waals surface area contributed by atoms with Crippen molar-refractivity contribution in [3.05, 3.63) is 243 Å². The lowest BCUT2D eigenvalue weighted by Crippen LogP contribution is -2.05. The number of unbranched alkanes of at least 4 members (excludes halogenated alkanes) is 4. The van der Waals surface area contributed by atoms with Gasteiger partial charge in [-0.2, -0.15) is 0 Å². The minimum Gasteiger partial charge on any atom is -0.494 e. The Hall–Kier alpha value is -9.92. The summed E-state index contributed by atoms with van der Waals surface area (Å²) >= 11 is 0. The van der Waals surface area contributed by atoms with Crippen molar-refractivity contribution in [1.29, 1.82) is 0 Å². The number of hydrogen-bond donors (Lipinski definition) is 0. The van der Waals surface area contributed by atoms with Crippen molar-refractivity contribution in [2.45, 2.75) is 79.1 Å². The highest BCUT2D eigenvalue weighted by atomic mass is 16.5. The van der Waals surface area contributed by atoms with Crippen molar-refractivity contribution < 1.29 is 18.9 Å². The Labute approximate surface area is 515 Å². The van der Waals surface area contributed by atoms with Crippen LogP contribution in [0.4, 0.5) is 0 Å². The molecule has 13 rings (SSSR count). The van der Waals surface area contributed by atoms with Crippen LogP contribution in [0, 0.1) is 0 Å². The number of rotatable bonds is 20. The minimum atomic E-state index is 0.665. The Morgan fingerprint density at radius 1 is 0.227 bits per heavy atom. The third kappa shape index (κ3) is 11.4. The van der Waals surface area contributed by atoms with Gasteiger partial charge in [-0.15, -0.1) is 0 Å². The molecule has 8 heteroatoms. The fraction of sp³-hybridized carbons (Fsp3) is 0.200. The van der Waals surface area contributed by atoms with Gasteiger partial charge in [0.05, 0.1) is 48.5 Å². The van der Waals surface area contributed by atoms with Crippen LogP contribution >= 0.6 is 0 Å². The van der Waals surface area contributed by atoms with Crippen molar-refractivity contribution in [3.8, 4) is 45.7 Å². The highest BCUT2D eigenvalue weighted by Gasteiger charge is 2.20. The smallest absolute Gasteiger partial charge is 0.119 e. The molecule has 12 aromatic carbocycles. The van der Waals surface area contributed by atoms with E-state index in [1.54, 1.807) is 0 Å². The van der Waals surface area contributed by atoms with Crippen LogP contribution in [0.1, 0.15) is 79.1 Å². The van der Waals surface area contributed by atoms with Gasteiger partial charge in [0.25, 0.3) is 0 Å². The summed E-state index contributed by atoms with van der Waals surface area (Å²) in [5.74, 6) is 3.39. The van der Waals surface area contributed by atoms with E-state index in [2.05, 4.69) is 289 Å². The fourth-order valence-electron chi connectivity index (χ4n) is 12.4. The third-order valence-corrected chi connectivity index (χ3v) is 16.8. The van der Waals surface area contributed by atoms with Crippen LogP contribution < -0.4 is 18.9 Å². The predicted molar refractivity (Wildman–Crippen MR) is 369 cm³/mol. The molecule has 8 bridgehead atoms. The van der Waals surface area contributed by atoms with E-state index in [4.69, 9.17) is 18.9 Å². The van der Waals surface area contributed by atoms with Crippen LogP contribution in [0.3, 0.4) is 0 Å². The topological polar surface area (TPSA) is 56.6 Å². The van der Waals surface area contributed by atoms with Gasteiger partial charge in [-0.05, 0) is 159 Å². The molecule has 0 saturated heterocycles. The zero-order chi connectivity index (χ0) is 59.8. The van der Waals surface area contributed by atoms with E-state index in [1.807, 2.05) is 0 Å². The standard InChI is InChI=1S/C80H76N4O4/c1-5-9-51-85-65-43-35-57(36-44-65)81-61-23-21-24-62(55-61)82(58-37-45-66(46-38-58)86-52-10-6-2)79-73-31-17-19-33-75(73)80(76-34-20-18-32-74(76)79)84(60-41-49-68(50-42-60)88-54-12-8-4)64-26-22-25-63(56-64)83(59-39-47-67(48-40-59)87-53-11-7-3)78-71-29-15-13-27-69(71)77(81)70-28-14-16-30-72(70)78/h13-50,55-56H,5-12,51-54H2,1-4H3. The maximum absolute atomic E-state index is 6.35. The highest BCUT2D eigenvalue weighted by Crippen LogP contribution is 2.41. The Morgan fingerprint density at radius 2 is 0.420 bits per heavy atom. The van der Waals surface area contributed by atoms with Gasteiger partial charge in [0.15, 0.2) is 0 Å². The summed E-state index contributed by atoms with van der Waals surface area (Å²) in [6.07, 6.45) is 8.20. The first-order valence-corrected chi connectivity index (χ1v) is 31.7. The van der Waals surface area contributed by atoms with Crippen molar-refractivity contribution in [3.63, 3.8) is 0 Å². The molecule has 1 aromatic heterocycles. The van der Waals surface area contributed by atoms with Gasteiger partial charge in [0, 0.05) is 87.9 Å². The highest BCUT2D eigenvalue weighted by molar-refractivity contribution is 6.26. The van der Waals surface area contributed by atoms with Crippen LogP contribution in [-0.4, -0.2) is 44.7 Å². The average molecular weight is 1160 g/mol. The van der Waals surface area contributed by atoms with Crippen LogP contribution in [0.5, 0.6) is 23.0 Å². The molecule has 0 aliphatic heterocycles. The van der Waals surface area contributed by atoms with E-state index in [0.717, 1.165) is 184 Å². The average Bonchev–Trinajstić information content (AvgIpc) is 0.968. The SMILES string of the molecule is CCCCOc1ccc(-n2c3cccc(c3)n(-c3ccc(OCCCC)cc3)c3c4ccccc4c(c4ccccc43)n(-c3ccc(OCCCC)cc3)c3cccc(c3)n(-c3ccc(OCCCC)cc3)c3c4ccccc4c2c2ccccc23)cc1. The van der Waals surface area contributed by atoms with Crippen LogP contribution in [0.2, 0.25) is 0 Å². The molecular formula is C80H76N4O4. The van der Waals surface area contributed by atoms with E-state index >= 15 is 0 Å². The Balaban J connectivity index is 1.29. The second kappa shape index (κ2) is 26.4. The van der Waals surface area contributed by atoms with Gasteiger partial charge in [-0.25, -0.2) is 0 Å². The Kier molecular flexibility index (Phi) is 17.1.